The molecule has 2 aliphatic rings. The minimum absolute atomic E-state index is 0.0110. The van der Waals surface area contributed by atoms with Crippen molar-refractivity contribution in [3.05, 3.63) is 30.3 Å². The van der Waals surface area contributed by atoms with E-state index in [0.717, 1.165) is 37.8 Å². The second-order valence-electron chi connectivity index (χ2n) is 6.99. The van der Waals surface area contributed by atoms with Gasteiger partial charge >= 0.3 is 0 Å². The van der Waals surface area contributed by atoms with Gasteiger partial charge in [0.05, 0.1) is 0 Å². The van der Waals surface area contributed by atoms with Gasteiger partial charge in [0.1, 0.15) is 0 Å². The molecule has 0 unspecified atom stereocenters. The van der Waals surface area contributed by atoms with Crippen LogP contribution in [0.4, 0.5) is 5.69 Å². The number of para-hydroxylation sites is 1. The van der Waals surface area contributed by atoms with Gasteiger partial charge in [0.25, 0.3) is 0 Å². The van der Waals surface area contributed by atoms with Crippen LogP contribution in [0.1, 0.15) is 32.1 Å². The fraction of sp³-hybridized carbons (Fsp3) is 0.579. The van der Waals surface area contributed by atoms with E-state index in [0.29, 0.717) is 25.6 Å². The van der Waals surface area contributed by atoms with Crippen LogP contribution in [0.2, 0.25) is 0 Å². The molecule has 2 atom stereocenters. The van der Waals surface area contributed by atoms with Gasteiger partial charge in [-0.2, -0.15) is 0 Å². The fourth-order valence-corrected chi connectivity index (χ4v) is 4.01. The van der Waals surface area contributed by atoms with E-state index in [1.807, 2.05) is 35.2 Å². The van der Waals surface area contributed by atoms with Crippen LogP contribution in [0.3, 0.4) is 0 Å². The maximum Gasteiger partial charge on any atom is 0.227 e. The lowest BCUT2D eigenvalue weighted by Crippen LogP contribution is -2.45. The van der Waals surface area contributed by atoms with Crippen molar-refractivity contribution in [2.45, 2.75) is 32.1 Å². The summed E-state index contributed by atoms with van der Waals surface area (Å²) in [5.74, 6) is 0.753. The molecule has 3 N–H and O–H groups in total. The summed E-state index contributed by atoms with van der Waals surface area (Å²) in [4.78, 5) is 27.0. The number of carbonyl (C=O) groups excluding carboxylic acids is 2. The highest BCUT2D eigenvalue weighted by atomic mass is 16.2. The number of amides is 2. The third-order valence-corrected chi connectivity index (χ3v) is 5.50. The molecule has 2 fully saturated rings. The van der Waals surface area contributed by atoms with Gasteiger partial charge in [0, 0.05) is 30.6 Å². The number of nitrogens with zero attached hydrogens (tertiary/aromatic N) is 1. The Hall–Kier alpha value is -1.88. The first-order valence-corrected chi connectivity index (χ1v) is 9.04. The Morgan fingerprint density at radius 1 is 1.08 bits per heavy atom. The zero-order valence-corrected chi connectivity index (χ0v) is 14.1. The van der Waals surface area contributed by atoms with Crippen LogP contribution >= 0.6 is 0 Å². The number of carbonyl (C=O) groups is 2. The number of rotatable bonds is 4. The van der Waals surface area contributed by atoms with Crippen molar-refractivity contribution < 1.29 is 9.59 Å². The van der Waals surface area contributed by atoms with Crippen molar-refractivity contribution in [2.24, 2.45) is 23.5 Å². The van der Waals surface area contributed by atoms with E-state index in [1.54, 1.807) is 0 Å². The van der Waals surface area contributed by atoms with Crippen LogP contribution in [-0.4, -0.2) is 36.3 Å². The number of hydrogen-bond acceptors (Lipinski definition) is 3. The number of piperidine rings is 1. The van der Waals surface area contributed by atoms with Gasteiger partial charge in [0.2, 0.25) is 11.8 Å². The normalized spacial score (nSPS) is 24.8. The molecule has 0 bridgehead atoms. The molecular weight excluding hydrogens is 302 g/mol. The molecule has 130 valence electrons. The van der Waals surface area contributed by atoms with E-state index in [-0.39, 0.29) is 23.7 Å². The Bertz CT molecular complexity index is 567. The predicted molar refractivity (Wildman–Crippen MR) is 94.3 cm³/mol. The lowest BCUT2D eigenvalue weighted by molar-refractivity contribution is -0.139. The lowest BCUT2D eigenvalue weighted by atomic mass is 9.91. The van der Waals surface area contributed by atoms with Crippen molar-refractivity contribution in [1.29, 1.82) is 0 Å². The van der Waals surface area contributed by atoms with Crippen LogP contribution in [0, 0.1) is 17.8 Å². The summed E-state index contributed by atoms with van der Waals surface area (Å²) in [6.07, 6.45) is 4.63. The van der Waals surface area contributed by atoms with E-state index >= 15 is 0 Å². The first kappa shape index (κ1) is 17.0. The number of anilines is 1. The Kier molecular flexibility index (Phi) is 5.51. The molecule has 1 aliphatic heterocycles. The molecule has 0 spiro atoms. The van der Waals surface area contributed by atoms with Crippen molar-refractivity contribution >= 4 is 17.5 Å². The Labute approximate surface area is 143 Å². The highest BCUT2D eigenvalue weighted by Crippen LogP contribution is 2.33. The predicted octanol–water partition coefficient (Wildman–Crippen LogP) is 2.24. The average Bonchev–Trinajstić information content (AvgIpc) is 3.11. The molecule has 2 amide bonds. The van der Waals surface area contributed by atoms with Crippen molar-refractivity contribution in [2.75, 3.05) is 25.0 Å². The van der Waals surface area contributed by atoms with E-state index in [4.69, 9.17) is 5.73 Å². The molecule has 1 heterocycles. The van der Waals surface area contributed by atoms with Crippen LogP contribution in [0.5, 0.6) is 0 Å². The van der Waals surface area contributed by atoms with Crippen LogP contribution in [0.15, 0.2) is 30.3 Å². The van der Waals surface area contributed by atoms with Crippen LogP contribution in [-0.2, 0) is 9.59 Å². The van der Waals surface area contributed by atoms with E-state index in [9.17, 15) is 9.59 Å². The van der Waals surface area contributed by atoms with Gasteiger partial charge in [-0.1, -0.05) is 24.6 Å². The monoisotopic (exact) mass is 329 g/mol. The molecule has 24 heavy (non-hydrogen) atoms. The van der Waals surface area contributed by atoms with E-state index in [2.05, 4.69) is 5.32 Å². The van der Waals surface area contributed by atoms with Gasteiger partial charge in [-0.3, -0.25) is 9.59 Å². The molecule has 1 aromatic rings. The van der Waals surface area contributed by atoms with Crippen molar-refractivity contribution in [1.82, 2.24) is 4.90 Å². The summed E-state index contributed by atoms with van der Waals surface area (Å²) in [5.41, 5.74) is 6.63. The van der Waals surface area contributed by atoms with Crippen molar-refractivity contribution in [3.63, 3.8) is 0 Å². The summed E-state index contributed by atoms with van der Waals surface area (Å²) in [6.45, 7) is 1.96. The second-order valence-corrected chi connectivity index (χ2v) is 6.99. The van der Waals surface area contributed by atoms with Gasteiger partial charge in [-0.15, -0.1) is 0 Å². The second kappa shape index (κ2) is 7.79. The topological polar surface area (TPSA) is 75.4 Å². The van der Waals surface area contributed by atoms with Crippen molar-refractivity contribution in [3.8, 4) is 0 Å². The molecule has 1 saturated heterocycles. The number of nitrogens with two attached hydrogens (primary N) is 1. The summed E-state index contributed by atoms with van der Waals surface area (Å²) in [7, 11) is 0. The molecule has 0 radical (unpaired) electrons. The Balaban J connectivity index is 1.50. The minimum Gasteiger partial charge on any atom is -0.342 e. The first-order valence-electron chi connectivity index (χ1n) is 9.04. The zero-order valence-electron chi connectivity index (χ0n) is 14.1. The number of nitrogens with one attached hydrogen (secondary N) is 1. The number of likely N-dealkylation sites (tertiary alicyclic amines) is 1. The largest absolute Gasteiger partial charge is 0.342 e. The molecule has 5 nitrogen and oxygen atoms in total. The van der Waals surface area contributed by atoms with E-state index in [1.165, 1.54) is 0 Å². The minimum atomic E-state index is -0.0110. The quantitative estimate of drug-likeness (QED) is 0.889. The summed E-state index contributed by atoms with van der Waals surface area (Å²) in [6, 6.07) is 9.53. The van der Waals surface area contributed by atoms with Crippen LogP contribution < -0.4 is 11.1 Å². The van der Waals surface area contributed by atoms with Gasteiger partial charge < -0.3 is 16.0 Å². The first-order chi connectivity index (χ1) is 11.7. The zero-order chi connectivity index (χ0) is 16.9. The third-order valence-electron chi connectivity index (χ3n) is 5.50. The Morgan fingerprint density at radius 3 is 2.46 bits per heavy atom. The summed E-state index contributed by atoms with van der Waals surface area (Å²) < 4.78 is 0. The summed E-state index contributed by atoms with van der Waals surface area (Å²) in [5, 5.41) is 2.97. The molecule has 1 aromatic carbocycles. The Morgan fingerprint density at radius 2 is 1.79 bits per heavy atom. The maximum atomic E-state index is 12.7. The van der Waals surface area contributed by atoms with Gasteiger partial charge in [0.15, 0.2) is 0 Å². The maximum absolute atomic E-state index is 12.7. The van der Waals surface area contributed by atoms with Gasteiger partial charge in [-0.25, -0.2) is 0 Å². The SMILES string of the molecule is NC[C@H]1CCC[C@H]1C(=O)N1CCC(C(=O)Nc2ccccc2)CC1. The molecule has 1 saturated carbocycles. The molecule has 3 rings (SSSR count). The fourth-order valence-electron chi connectivity index (χ4n) is 4.01. The highest BCUT2D eigenvalue weighted by Gasteiger charge is 2.36. The molecule has 5 heteroatoms. The third kappa shape index (κ3) is 3.78. The lowest BCUT2D eigenvalue weighted by Gasteiger charge is -2.34. The average molecular weight is 329 g/mol. The number of hydrogen-bond donors (Lipinski definition) is 2. The number of benzene rings is 1. The highest BCUT2D eigenvalue weighted by molar-refractivity contribution is 5.92. The van der Waals surface area contributed by atoms with E-state index < -0.39 is 0 Å². The molecule has 1 aliphatic carbocycles. The molecule has 0 aromatic heterocycles. The van der Waals surface area contributed by atoms with Gasteiger partial charge in [-0.05, 0) is 50.3 Å². The summed E-state index contributed by atoms with van der Waals surface area (Å²) >= 11 is 0. The molecular formula is C19H27N3O2. The van der Waals surface area contributed by atoms with Crippen LogP contribution in [0.25, 0.3) is 0 Å². The standard InChI is InChI=1S/C19H27N3O2/c20-13-15-5-4-8-17(15)19(24)22-11-9-14(10-12-22)18(23)21-16-6-2-1-3-7-16/h1-3,6-7,14-15,17H,4-5,8-13,20H2,(H,21,23)/t15-,17-/m1/s1. The smallest absolute Gasteiger partial charge is 0.227 e.